The number of hydrogen-bond donors (Lipinski definition) is 1. The summed E-state index contributed by atoms with van der Waals surface area (Å²) in [6.07, 6.45) is -4.60. The highest BCUT2D eigenvalue weighted by molar-refractivity contribution is 9.10. The minimum atomic E-state index is -4.60. The highest BCUT2D eigenvalue weighted by atomic mass is 79.9. The maximum absolute atomic E-state index is 12.8. The average Bonchev–Trinajstić information content (AvgIpc) is 2.46. The van der Waals surface area contributed by atoms with Crippen LogP contribution in [0.2, 0.25) is 0 Å². The smallest absolute Gasteiger partial charge is 0.416 e. The van der Waals surface area contributed by atoms with E-state index in [9.17, 15) is 21.6 Å². The molecule has 0 aliphatic rings. The first-order valence-electron chi connectivity index (χ1n) is 6.17. The second kappa shape index (κ2) is 6.40. The van der Waals surface area contributed by atoms with Gasteiger partial charge in [-0.2, -0.15) is 13.2 Å². The summed E-state index contributed by atoms with van der Waals surface area (Å²) >= 11 is 3.14. The topological polar surface area (TPSA) is 55.4 Å². The number of alkyl halides is 3. The summed E-state index contributed by atoms with van der Waals surface area (Å²) in [6, 6.07) is 8.35. The fourth-order valence-corrected chi connectivity index (χ4v) is 3.46. The molecule has 0 aliphatic carbocycles. The Morgan fingerprint density at radius 2 is 1.83 bits per heavy atom. The van der Waals surface area contributed by atoms with E-state index in [2.05, 4.69) is 20.7 Å². The van der Waals surface area contributed by atoms with Crippen LogP contribution in [0, 0.1) is 0 Å². The molecule has 23 heavy (non-hydrogen) atoms. The quantitative estimate of drug-likeness (QED) is 0.819. The summed E-state index contributed by atoms with van der Waals surface area (Å²) < 4.78 is 70.6. The molecule has 0 saturated carbocycles. The summed E-state index contributed by atoms with van der Waals surface area (Å²) in [6.45, 7) is 0. The number of anilines is 1. The highest BCUT2D eigenvalue weighted by Gasteiger charge is 2.31. The summed E-state index contributed by atoms with van der Waals surface area (Å²) in [7, 11) is -2.82. The first kappa shape index (κ1) is 17.6. The minimum absolute atomic E-state index is 0.0171. The lowest BCUT2D eigenvalue weighted by molar-refractivity contribution is -0.137. The Labute approximate surface area is 139 Å². The monoisotopic (exact) mass is 409 g/mol. The molecule has 0 fully saturated rings. The molecule has 124 valence electrons. The van der Waals surface area contributed by atoms with Gasteiger partial charge in [0.1, 0.15) is 5.75 Å². The van der Waals surface area contributed by atoms with Crippen molar-refractivity contribution in [3.63, 3.8) is 0 Å². The summed E-state index contributed by atoms with van der Waals surface area (Å²) in [5.74, 6) is -0.0171. The lowest BCUT2D eigenvalue weighted by atomic mass is 10.2. The molecule has 0 bridgehead atoms. The van der Waals surface area contributed by atoms with Gasteiger partial charge in [0.25, 0.3) is 10.0 Å². The van der Waals surface area contributed by atoms with E-state index in [1.165, 1.54) is 25.3 Å². The van der Waals surface area contributed by atoms with Crippen LogP contribution in [0.1, 0.15) is 5.56 Å². The van der Waals surface area contributed by atoms with E-state index in [0.717, 1.165) is 12.1 Å². The van der Waals surface area contributed by atoms with Crippen LogP contribution in [0.25, 0.3) is 0 Å². The molecule has 0 radical (unpaired) electrons. The Balaban J connectivity index is 2.46. The first-order valence-corrected chi connectivity index (χ1v) is 8.45. The van der Waals surface area contributed by atoms with Gasteiger partial charge in [0, 0.05) is 4.47 Å². The molecule has 0 atom stereocenters. The molecule has 2 aromatic rings. The fraction of sp³-hybridized carbons (Fsp3) is 0.143. The van der Waals surface area contributed by atoms with Crippen molar-refractivity contribution in [2.75, 3.05) is 11.8 Å². The molecule has 0 amide bonds. The van der Waals surface area contributed by atoms with Crippen molar-refractivity contribution >= 4 is 31.6 Å². The maximum atomic E-state index is 12.8. The molecule has 0 heterocycles. The second-order valence-corrected chi connectivity index (χ2v) is 7.07. The van der Waals surface area contributed by atoms with Gasteiger partial charge in [-0.05, 0) is 36.4 Å². The van der Waals surface area contributed by atoms with Crippen molar-refractivity contribution in [1.29, 1.82) is 0 Å². The number of rotatable bonds is 4. The van der Waals surface area contributed by atoms with Gasteiger partial charge in [-0.1, -0.05) is 22.0 Å². The molecule has 1 N–H and O–H groups in total. The average molecular weight is 410 g/mol. The molecule has 0 aliphatic heterocycles. The molecule has 2 rings (SSSR count). The third-order valence-corrected chi connectivity index (χ3v) is 4.73. The summed E-state index contributed by atoms with van der Waals surface area (Å²) in [5.41, 5.74) is -1.27. The SMILES string of the molecule is COc1ccc(C(F)(F)F)cc1NS(=O)(=O)c1cccc(Br)c1. The van der Waals surface area contributed by atoms with E-state index in [1.54, 1.807) is 6.07 Å². The van der Waals surface area contributed by atoms with Gasteiger partial charge in [-0.3, -0.25) is 4.72 Å². The number of halogens is 4. The zero-order chi connectivity index (χ0) is 17.3. The van der Waals surface area contributed by atoms with Crippen molar-refractivity contribution in [2.24, 2.45) is 0 Å². The second-order valence-electron chi connectivity index (χ2n) is 4.48. The van der Waals surface area contributed by atoms with Crippen LogP contribution < -0.4 is 9.46 Å². The van der Waals surface area contributed by atoms with Gasteiger partial charge in [-0.25, -0.2) is 8.42 Å². The fourth-order valence-electron chi connectivity index (χ4n) is 1.80. The van der Waals surface area contributed by atoms with Crippen LogP contribution in [0.5, 0.6) is 5.75 Å². The summed E-state index contributed by atoms with van der Waals surface area (Å²) in [5, 5.41) is 0. The van der Waals surface area contributed by atoms with E-state index in [-0.39, 0.29) is 16.3 Å². The Hall–Kier alpha value is -1.74. The predicted molar refractivity (Wildman–Crippen MR) is 82.9 cm³/mol. The molecule has 0 aromatic heterocycles. The molecule has 2 aromatic carbocycles. The number of ether oxygens (including phenoxy) is 1. The van der Waals surface area contributed by atoms with E-state index in [0.29, 0.717) is 10.5 Å². The van der Waals surface area contributed by atoms with Crippen LogP contribution in [0.3, 0.4) is 0 Å². The van der Waals surface area contributed by atoms with Crippen molar-refractivity contribution in [3.05, 3.63) is 52.5 Å². The van der Waals surface area contributed by atoms with Gasteiger partial charge in [0.15, 0.2) is 0 Å². The Morgan fingerprint density at radius 1 is 1.13 bits per heavy atom. The van der Waals surface area contributed by atoms with Crippen LogP contribution in [-0.4, -0.2) is 15.5 Å². The largest absolute Gasteiger partial charge is 0.495 e. The third-order valence-electron chi connectivity index (χ3n) is 2.88. The molecule has 0 spiro atoms. The molecular weight excluding hydrogens is 399 g/mol. The van der Waals surface area contributed by atoms with E-state index < -0.39 is 21.8 Å². The Kier molecular flexibility index (Phi) is 4.90. The normalized spacial score (nSPS) is 12.0. The maximum Gasteiger partial charge on any atom is 0.416 e. The number of benzene rings is 2. The molecule has 0 unspecified atom stereocenters. The van der Waals surface area contributed by atoms with Crippen LogP contribution >= 0.6 is 15.9 Å². The third kappa shape index (κ3) is 4.17. The van der Waals surface area contributed by atoms with Gasteiger partial charge in [0.2, 0.25) is 0 Å². The molecular formula is C14H11BrF3NO3S. The van der Waals surface area contributed by atoms with Crippen LogP contribution in [0.15, 0.2) is 51.8 Å². The standard InChI is InChI=1S/C14H11BrF3NO3S/c1-22-13-6-5-9(14(16,17)18)7-12(13)19-23(20,21)11-4-2-3-10(15)8-11/h2-8,19H,1H3. The van der Waals surface area contributed by atoms with Crippen molar-refractivity contribution in [3.8, 4) is 5.75 Å². The van der Waals surface area contributed by atoms with E-state index in [4.69, 9.17) is 4.74 Å². The first-order chi connectivity index (χ1) is 10.6. The van der Waals surface area contributed by atoms with Gasteiger partial charge in [0.05, 0.1) is 23.3 Å². The predicted octanol–water partition coefficient (Wildman–Crippen LogP) is 4.28. The van der Waals surface area contributed by atoms with Gasteiger partial charge < -0.3 is 4.74 Å². The summed E-state index contributed by atoms with van der Waals surface area (Å²) in [4.78, 5) is -0.0914. The zero-order valence-electron chi connectivity index (χ0n) is 11.7. The highest BCUT2D eigenvalue weighted by Crippen LogP contribution is 2.35. The molecule has 4 nitrogen and oxygen atoms in total. The lowest BCUT2D eigenvalue weighted by Gasteiger charge is -2.14. The minimum Gasteiger partial charge on any atom is -0.495 e. The van der Waals surface area contributed by atoms with Crippen molar-refractivity contribution < 1.29 is 26.3 Å². The Bertz CT molecular complexity index is 822. The molecule has 0 saturated heterocycles. The number of sulfonamides is 1. The number of nitrogens with one attached hydrogen (secondary N) is 1. The van der Waals surface area contributed by atoms with E-state index >= 15 is 0 Å². The van der Waals surface area contributed by atoms with Crippen molar-refractivity contribution in [2.45, 2.75) is 11.1 Å². The van der Waals surface area contributed by atoms with E-state index in [1.807, 2.05) is 0 Å². The molecule has 9 heteroatoms. The number of hydrogen-bond acceptors (Lipinski definition) is 3. The van der Waals surface area contributed by atoms with Gasteiger partial charge in [-0.15, -0.1) is 0 Å². The number of methoxy groups -OCH3 is 1. The lowest BCUT2D eigenvalue weighted by Crippen LogP contribution is -2.15. The van der Waals surface area contributed by atoms with Crippen LogP contribution in [0.4, 0.5) is 18.9 Å². The van der Waals surface area contributed by atoms with Crippen molar-refractivity contribution in [1.82, 2.24) is 0 Å². The zero-order valence-corrected chi connectivity index (χ0v) is 14.1. The van der Waals surface area contributed by atoms with Crippen LogP contribution in [-0.2, 0) is 16.2 Å². The van der Waals surface area contributed by atoms with Gasteiger partial charge >= 0.3 is 6.18 Å². The Morgan fingerprint density at radius 3 is 2.39 bits per heavy atom.